The molecular formula is C17H19ClN2O4. The monoisotopic (exact) mass is 350 g/mol. The molecule has 0 saturated carbocycles. The molecule has 2 aliphatic rings. The summed E-state index contributed by atoms with van der Waals surface area (Å²) in [6.07, 6.45) is 1.69. The number of benzene rings is 1. The molecule has 0 bridgehead atoms. The van der Waals surface area contributed by atoms with Crippen LogP contribution in [0.25, 0.3) is 0 Å². The van der Waals surface area contributed by atoms with Crippen LogP contribution in [0.3, 0.4) is 0 Å². The highest BCUT2D eigenvalue weighted by atomic mass is 35.5. The topological polar surface area (TPSA) is 77.9 Å². The van der Waals surface area contributed by atoms with E-state index in [2.05, 4.69) is 0 Å². The summed E-state index contributed by atoms with van der Waals surface area (Å²) in [6, 6.07) is 6.94. The number of likely N-dealkylation sites (tertiary alicyclic amines) is 1. The van der Waals surface area contributed by atoms with Crippen molar-refractivity contribution in [2.24, 2.45) is 11.8 Å². The van der Waals surface area contributed by atoms with Gasteiger partial charge in [0.05, 0.1) is 5.92 Å². The number of halogens is 1. The molecule has 3 rings (SSSR count). The van der Waals surface area contributed by atoms with E-state index >= 15 is 0 Å². The van der Waals surface area contributed by atoms with Gasteiger partial charge in [-0.15, -0.1) is 0 Å². The van der Waals surface area contributed by atoms with Crippen molar-refractivity contribution in [3.05, 3.63) is 29.3 Å². The highest BCUT2D eigenvalue weighted by Gasteiger charge is 2.41. The molecule has 1 aromatic carbocycles. The minimum absolute atomic E-state index is 0.193. The predicted octanol–water partition coefficient (Wildman–Crippen LogP) is 2.02. The van der Waals surface area contributed by atoms with Gasteiger partial charge in [-0.2, -0.15) is 0 Å². The molecule has 0 aromatic heterocycles. The highest BCUT2D eigenvalue weighted by molar-refractivity contribution is 6.30. The highest BCUT2D eigenvalue weighted by Crippen LogP contribution is 2.29. The van der Waals surface area contributed by atoms with Crippen LogP contribution in [0.5, 0.6) is 0 Å². The van der Waals surface area contributed by atoms with Gasteiger partial charge in [0.2, 0.25) is 11.8 Å². The molecular weight excluding hydrogens is 332 g/mol. The summed E-state index contributed by atoms with van der Waals surface area (Å²) in [5.74, 6) is -2.60. The molecule has 0 aliphatic carbocycles. The summed E-state index contributed by atoms with van der Waals surface area (Å²) < 4.78 is 0. The lowest BCUT2D eigenvalue weighted by Crippen LogP contribution is -2.46. The maximum atomic E-state index is 12.7. The van der Waals surface area contributed by atoms with E-state index in [9.17, 15) is 14.4 Å². The number of anilines is 1. The lowest BCUT2D eigenvalue weighted by atomic mass is 9.96. The van der Waals surface area contributed by atoms with Gasteiger partial charge in [-0.1, -0.05) is 11.6 Å². The molecule has 7 heteroatoms. The van der Waals surface area contributed by atoms with Crippen LogP contribution in [-0.2, 0) is 14.4 Å². The summed E-state index contributed by atoms with van der Waals surface area (Å²) >= 11 is 5.86. The Balaban J connectivity index is 1.69. The molecule has 2 amide bonds. The first-order chi connectivity index (χ1) is 11.5. The first-order valence-electron chi connectivity index (χ1n) is 8.06. The zero-order chi connectivity index (χ0) is 17.3. The van der Waals surface area contributed by atoms with E-state index < -0.39 is 17.8 Å². The number of amides is 2. The number of hydrogen-bond donors (Lipinski definition) is 1. The summed E-state index contributed by atoms with van der Waals surface area (Å²) in [6.45, 7) is 1.19. The van der Waals surface area contributed by atoms with Gasteiger partial charge in [0.25, 0.3) is 0 Å². The van der Waals surface area contributed by atoms with Crippen LogP contribution in [0.1, 0.15) is 19.3 Å². The maximum absolute atomic E-state index is 12.7. The predicted molar refractivity (Wildman–Crippen MR) is 88.9 cm³/mol. The fraction of sp³-hybridized carbons (Fsp3) is 0.471. The first-order valence-corrected chi connectivity index (χ1v) is 8.43. The Morgan fingerprint density at radius 3 is 2.50 bits per heavy atom. The van der Waals surface area contributed by atoms with Gasteiger partial charge < -0.3 is 14.9 Å². The van der Waals surface area contributed by atoms with Gasteiger partial charge in [0.15, 0.2) is 0 Å². The number of aliphatic carboxylic acids is 1. The average molecular weight is 351 g/mol. The molecule has 0 spiro atoms. The molecule has 2 fully saturated rings. The van der Waals surface area contributed by atoms with E-state index in [0.29, 0.717) is 37.4 Å². The number of carbonyl (C=O) groups is 3. The lowest BCUT2D eigenvalue weighted by molar-refractivity contribution is -0.147. The Morgan fingerprint density at radius 1 is 1.12 bits per heavy atom. The molecule has 2 atom stereocenters. The largest absolute Gasteiger partial charge is 0.481 e. The Morgan fingerprint density at radius 2 is 1.83 bits per heavy atom. The van der Waals surface area contributed by atoms with Crippen molar-refractivity contribution in [3.63, 3.8) is 0 Å². The number of rotatable bonds is 3. The number of hydrogen-bond acceptors (Lipinski definition) is 3. The second-order valence-electron chi connectivity index (χ2n) is 6.27. The van der Waals surface area contributed by atoms with Crippen LogP contribution in [0, 0.1) is 11.8 Å². The second kappa shape index (κ2) is 6.81. The third-order valence-corrected chi connectivity index (χ3v) is 4.98. The third kappa shape index (κ3) is 3.24. The summed E-state index contributed by atoms with van der Waals surface area (Å²) in [5, 5.41) is 9.73. The molecule has 1 N–H and O–H groups in total. The second-order valence-corrected chi connectivity index (χ2v) is 6.71. The summed E-state index contributed by atoms with van der Waals surface area (Å²) in [7, 11) is 0. The molecule has 1 aromatic rings. The number of nitrogens with zero attached hydrogens (tertiary/aromatic N) is 2. The molecule has 2 aliphatic heterocycles. The Kier molecular flexibility index (Phi) is 4.76. The molecule has 6 nitrogen and oxygen atoms in total. The van der Waals surface area contributed by atoms with Gasteiger partial charge in [-0.25, -0.2) is 0 Å². The fourth-order valence-electron chi connectivity index (χ4n) is 3.39. The average Bonchev–Trinajstić information content (AvgIpc) is 2.96. The number of carbonyl (C=O) groups excluding carboxylic acids is 2. The fourth-order valence-corrected chi connectivity index (χ4v) is 3.51. The van der Waals surface area contributed by atoms with Gasteiger partial charge >= 0.3 is 5.97 Å². The Labute approximate surface area is 145 Å². The van der Waals surface area contributed by atoms with Gasteiger partial charge in [-0.3, -0.25) is 14.4 Å². The van der Waals surface area contributed by atoms with Crippen LogP contribution in [-0.4, -0.2) is 47.4 Å². The van der Waals surface area contributed by atoms with Crippen LogP contribution in [0.15, 0.2) is 24.3 Å². The van der Waals surface area contributed by atoms with Crippen LogP contribution < -0.4 is 4.90 Å². The van der Waals surface area contributed by atoms with Gasteiger partial charge in [-0.05, 0) is 43.5 Å². The van der Waals surface area contributed by atoms with E-state index in [1.165, 1.54) is 4.90 Å². The van der Waals surface area contributed by atoms with Crippen molar-refractivity contribution in [3.8, 4) is 0 Å². The van der Waals surface area contributed by atoms with E-state index in [4.69, 9.17) is 16.7 Å². The van der Waals surface area contributed by atoms with Crippen molar-refractivity contribution in [1.29, 1.82) is 0 Å². The van der Waals surface area contributed by atoms with E-state index in [-0.39, 0.29) is 18.4 Å². The van der Waals surface area contributed by atoms with Crippen LogP contribution in [0.2, 0.25) is 5.02 Å². The summed E-state index contributed by atoms with van der Waals surface area (Å²) in [5.41, 5.74) is 0.724. The summed E-state index contributed by atoms with van der Waals surface area (Å²) in [4.78, 5) is 39.6. The third-order valence-electron chi connectivity index (χ3n) is 4.72. The quantitative estimate of drug-likeness (QED) is 0.846. The van der Waals surface area contributed by atoms with Crippen molar-refractivity contribution < 1.29 is 19.5 Å². The zero-order valence-electron chi connectivity index (χ0n) is 13.2. The standard InChI is InChI=1S/C17H19ClN2O4/c18-12-3-5-13(6-4-12)20-9-7-14(16(20)22)15(21)19-8-1-2-11(10-19)17(23)24/h3-6,11,14H,1-2,7-10H2,(H,23,24). The van der Waals surface area contributed by atoms with E-state index in [1.54, 1.807) is 29.2 Å². The van der Waals surface area contributed by atoms with Gasteiger partial charge in [0.1, 0.15) is 5.92 Å². The van der Waals surface area contributed by atoms with Crippen molar-refractivity contribution in [2.75, 3.05) is 24.5 Å². The van der Waals surface area contributed by atoms with E-state index in [0.717, 1.165) is 5.69 Å². The SMILES string of the molecule is O=C(O)C1CCCN(C(=O)C2CCN(c3ccc(Cl)cc3)C2=O)C1. The van der Waals surface area contributed by atoms with Crippen LogP contribution in [0.4, 0.5) is 5.69 Å². The number of piperidine rings is 1. The lowest BCUT2D eigenvalue weighted by Gasteiger charge is -2.32. The normalized spacial score (nSPS) is 24.3. The first kappa shape index (κ1) is 16.8. The minimum Gasteiger partial charge on any atom is -0.481 e. The molecule has 128 valence electrons. The smallest absolute Gasteiger partial charge is 0.308 e. The van der Waals surface area contributed by atoms with Crippen molar-refractivity contribution >= 4 is 35.1 Å². The molecule has 2 heterocycles. The zero-order valence-corrected chi connectivity index (χ0v) is 13.9. The molecule has 0 radical (unpaired) electrons. The number of carboxylic acids is 1. The minimum atomic E-state index is -0.881. The number of carboxylic acid groups (broad SMARTS) is 1. The molecule has 24 heavy (non-hydrogen) atoms. The van der Waals surface area contributed by atoms with Crippen molar-refractivity contribution in [2.45, 2.75) is 19.3 Å². The Bertz CT molecular complexity index is 661. The van der Waals surface area contributed by atoms with Crippen molar-refractivity contribution in [1.82, 2.24) is 4.90 Å². The molecule has 2 saturated heterocycles. The van der Waals surface area contributed by atoms with Gasteiger partial charge in [0, 0.05) is 30.3 Å². The maximum Gasteiger partial charge on any atom is 0.308 e. The van der Waals surface area contributed by atoms with E-state index in [1.807, 2.05) is 0 Å². The molecule has 2 unspecified atom stereocenters. The van der Waals surface area contributed by atoms with Crippen LogP contribution >= 0.6 is 11.6 Å². The Hall–Kier alpha value is -2.08.